The van der Waals surface area contributed by atoms with E-state index in [-0.39, 0.29) is 0 Å². The van der Waals surface area contributed by atoms with Gasteiger partial charge in [0.1, 0.15) is 0 Å². The van der Waals surface area contributed by atoms with Gasteiger partial charge in [0, 0.05) is 66.3 Å². The Labute approximate surface area is 719 Å². The summed E-state index contributed by atoms with van der Waals surface area (Å²) in [6.07, 6.45) is 0. The second-order valence-electron chi connectivity index (χ2n) is 32.0. The van der Waals surface area contributed by atoms with E-state index in [1.807, 2.05) is 42.5 Å². The zero-order valence-electron chi connectivity index (χ0n) is 67.6. The summed E-state index contributed by atoms with van der Waals surface area (Å²) in [7, 11) is 0. The minimum absolute atomic E-state index is 0.474. The van der Waals surface area contributed by atoms with E-state index in [2.05, 4.69) is 434 Å². The lowest BCUT2D eigenvalue weighted by atomic mass is 9.67. The molecule has 0 radical (unpaired) electrons. The molecule has 4 heterocycles. The molecule has 7 nitrogen and oxygen atoms in total. The van der Waals surface area contributed by atoms with E-state index in [4.69, 9.17) is 24.9 Å². The van der Waals surface area contributed by atoms with Crippen LogP contribution < -0.4 is 0 Å². The Morgan fingerprint density at radius 1 is 0.177 bits per heavy atom. The van der Waals surface area contributed by atoms with Gasteiger partial charge in [-0.1, -0.05) is 388 Å². The fourth-order valence-corrected chi connectivity index (χ4v) is 19.9. The van der Waals surface area contributed by atoms with Gasteiger partial charge in [0.15, 0.2) is 23.3 Å². The zero-order chi connectivity index (χ0) is 82.1. The van der Waals surface area contributed by atoms with Crippen molar-refractivity contribution in [2.75, 3.05) is 0 Å². The highest BCUT2D eigenvalue weighted by Crippen LogP contribution is 2.61. The average molecular weight is 1580 g/mol. The quantitative estimate of drug-likeness (QED) is 0.108. The lowest BCUT2D eigenvalue weighted by Gasteiger charge is -2.33. The maximum Gasteiger partial charge on any atom is 0.164 e. The largest absolute Gasteiger partial charge is 0.309 e. The van der Waals surface area contributed by atoms with Crippen LogP contribution in [0.15, 0.2) is 467 Å². The van der Waals surface area contributed by atoms with Crippen molar-refractivity contribution in [3.63, 3.8) is 0 Å². The lowest BCUT2D eigenvalue weighted by molar-refractivity contribution is 0.769. The Morgan fingerprint density at radius 3 is 0.968 bits per heavy atom. The fraction of sp³-hybridized carbons (Fsp3) is 0.0171. The molecule has 580 valence electrons. The van der Waals surface area contributed by atoms with Crippen molar-refractivity contribution in [3.05, 3.63) is 512 Å². The summed E-state index contributed by atoms with van der Waals surface area (Å²) in [6.45, 7) is 0. The molecular weight excluding hydrogens is 1500 g/mol. The molecule has 0 saturated heterocycles. The SMILES string of the molecule is c1ccc(-c2cccc(-c3cc(-c4ccccc4)nc(-c4cccc(-n5c6ccccc6c6c7c(ccc65)C(c5ccccc5)(c5ccccc5)c5ccccc5-7)c4)n3)c2)cc1.c1ccc(-c2cccc(-c3nc(-c4ccccc4)nc(-c4ccc(-n5c6ccccc6c6c7c(ccc65)C(c5ccccc5)(c5ccccc5)c5ccccc5-7)cc4)n3)c2)cc1. The third kappa shape index (κ3) is 12.1. The number of nitrogens with zero attached hydrogens (tertiary/aromatic N) is 7. The standard InChI is InChI=1S/C59H39N3.C58H38N4/c1-5-19-40(20-6-1)42-23-17-24-43(37-42)53-39-52(41-21-7-2-8-22-41)60-58(61-53)44-25-18-30-47(38-44)62-54-34-16-14-32-49(54)57-55(62)36-35-51-56(57)48-31-13-15-33-50(48)59(51,45-26-9-3-10-27-45)46-28-11-4-12-29-46;1-5-18-39(19-6-1)42-22-17-23-43(38-42)57-60-55(40-20-7-2-8-21-40)59-56(61-57)41-32-34-46(35-33-41)62-51-31-16-14-29-48(51)54-52(62)37-36-50-53(54)47-28-13-15-30-49(47)58(50,44-24-9-3-10-25-44)45-26-11-4-12-27-45/h1-39H;1-38H. The summed E-state index contributed by atoms with van der Waals surface area (Å²) in [5, 5.41) is 4.96. The van der Waals surface area contributed by atoms with Gasteiger partial charge in [-0.25, -0.2) is 24.9 Å². The maximum absolute atomic E-state index is 5.31. The molecule has 2 aliphatic rings. The van der Waals surface area contributed by atoms with Gasteiger partial charge >= 0.3 is 0 Å². The van der Waals surface area contributed by atoms with Gasteiger partial charge in [-0.05, 0) is 168 Å². The third-order valence-electron chi connectivity index (χ3n) is 25.2. The summed E-state index contributed by atoms with van der Waals surface area (Å²) in [5.41, 5.74) is 33.4. The molecule has 7 heteroatoms. The highest BCUT2D eigenvalue weighted by molar-refractivity contribution is 6.20. The Balaban J connectivity index is 0.000000143. The number of aromatic nitrogens is 7. The van der Waals surface area contributed by atoms with Crippen LogP contribution in [0.2, 0.25) is 0 Å². The molecule has 0 spiro atoms. The van der Waals surface area contributed by atoms with Crippen LogP contribution >= 0.6 is 0 Å². The molecule has 0 unspecified atom stereocenters. The summed E-state index contributed by atoms with van der Waals surface area (Å²) >= 11 is 0. The molecule has 0 aliphatic heterocycles. The van der Waals surface area contributed by atoms with Crippen molar-refractivity contribution >= 4 is 43.6 Å². The summed E-state index contributed by atoms with van der Waals surface area (Å²) in [4.78, 5) is 25.8. The first-order valence-corrected chi connectivity index (χ1v) is 42.4. The molecule has 0 atom stereocenters. The van der Waals surface area contributed by atoms with Crippen LogP contribution in [0.3, 0.4) is 0 Å². The highest BCUT2D eigenvalue weighted by atomic mass is 15.0. The minimum atomic E-state index is -0.481. The Morgan fingerprint density at radius 2 is 0.500 bits per heavy atom. The van der Waals surface area contributed by atoms with E-state index in [1.165, 1.54) is 93.9 Å². The Kier molecular flexibility index (Phi) is 17.9. The topological polar surface area (TPSA) is 74.3 Å². The van der Waals surface area contributed by atoms with Crippen molar-refractivity contribution in [1.82, 2.24) is 34.1 Å². The zero-order valence-corrected chi connectivity index (χ0v) is 67.6. The summed E-state index contributed by atoms with van der Waals surface area (Å²) < 4.78 is 4.83. The molecule has 18 aromatic carbocycles. The normalized spacial score (nSPS) is 12.6. The van der Waals surface area contributed by atoms with Crippen LogP contribution in [0.4, 0.5) is 0 Å². The molecule has 2 aliphatic carbocycles. The molecule has 0 saturated carbocycles. The van der Waals surface area contributed by atoms with Crippen LogP contribution in [0.25, 0.3) is 168 Å². The van der Waals surface area contributed by atoms with Crippen molar-refractivity contribution in [2.24, 2.45) is 0 Å². The van der Waals surface area contributed by atoms with Gasteiger partial charge in [-0.15, -0.1) is 0 Å². The summed E-state index contributed by atoms with van der Waals surface area (Å²) in [6, 6.07) is 167. The number of hydrogen-bond acceptors (Lipinski definition) is 5. The van der Waals surface area contributed by atoms with Gasteiger partial charge in [0.2, 0.25) is 0 Å². The number of para-hydroxylation sites is 2. The van der Waals surface area contributed by atoms with E-state index >= 15 is 0 Å². The first-order chi connectivity index (χ1) is 61.5. The highest BCUT2D eigenvalue weighted by Gasteiger charge is 2.49. The predicted molar refractivity (Wildman–Crippen MR) is 509 cm³/mol. The van der Waals surface area contributed by atoms with Crippen molar-refractivity contribution in [3.8, 4) is 124 Å². The maximum atomic E-state index is 5.31. The van der Waals surface area contributed by atoms with E-state index in [0.29, 0.717) is 23.3 Å². The molecule has 124 heavy (non-hydrogen) atoms. The predicted octanol–water partition coefficient (Wildman–Crippen LogP) is 28.6. The van der Waals surface area contributed by atoms with Gasteiger partial charge in [0.25, 0.3) is 0 Å². The first kappa shape index (κ1) is 72.8. The molecular formula is C117H77N7. The van der Waals surface area contributed by atoms with E-state index in [1.54, 1.807) is 0 Å². The molecule has 0 fully saturated rings. The van der Waals surface area contributed by atoms with E-state index in [9.17, 15) is 0 Å². The fourth-order valence-electron chi connectivity index (χ4n) is 19.9. The molecule has 0 N–H and O–H groups in total. The second kappa shape index (κ2) is 30.5. The number of benzene rings is 18. The second-order valence-corrected chi connectivity index (χ2v) is 32.0. The average Bonchev–Trinajstić information content (AvgIpc) is 1.52. The molecule has 0 amide bonds. The van der Waals surface area contributed by atoms with E-state index in [0.717, 1.165) is 94.9 Å². The molecule has 24 rings (SSSR count). The van der Waals surface area contributed by atoms with Gasteiger partial charge in [-0.2, -0.15) is 0 Å². The van der Waals surface area contributed by atoms with Crippen molar-refractivity contribution < 1.29 is 0 Å². The molecule has 22 aromatic rings. The molecule has 0 bridgehead atoms. The number of fused-ring (bicyclic) bond motifs is 14. The van der Waals surface area contributed by atoms with Crippen LogP contribution in [-0.2, 0) is 10.8 Å². The monoisotopic (exact) mass is 1580 g/mol. The van der Waals surface area contributed by atoms with Crippen LogP contribution in [0.1, 0.15) is 44.5 Å². The van der Waals surface area contributed by atoms with Crippen LogP contribution in [-0.4, -0.2) is 34.1 Å². The van der Waals surface area contributed by atoms with Crippen molar-refractivity contribution in [2.45, 2.75) is 10.8 Å². The van der Waals surface area contributed by atoms with Gasteiger partial charge < -0.3 is 9.13 Å². The smallest absolute Gasteiger partial charge is 0.164 e. The minimum Gasteiger partial charge on any atom is -0.309 e. The number of rotatable bonds is 14. The summed E-state index contributed by atoms with van der Waals surface area (Å²) in [5.74, 6) is 2.58. The Bertz CT molecular complexity index is 7730. The lowest BCUT2D eigenvalue weighted by Crippen LogP contribution is -2.28. The number of hydrogen-bond donors (Lipinski definition) is 0. The van der Waals surface area contributed by atoms with Crippen molar-refractivity contribution in [1.29, 1.82) is 0 Å². The van der Waals surface area contributed by atoms with Gasteiger partial charge in [0.05, 0.1) is 44.3 Å². The molecule has 4 aromatic heterocycles. The van der Waals surface area contributed by atoms with Gasteiger partial charge in [-0.3, -0.25) is 0 Å². The Hall–Kier alpha value is -16.4. The first-order valence-electron chi connectivity index (χ1n) is 42.4. The third-order valence-corrected chi connectivity index (χ3v) is 25.2. The van der Waals surface area contributed by atoms with Crippen LogP contribution in [0, 0.1) is 0 Å². The van der Waals surface area contributed by atoms with E-state index < -0.39 is 10.8 Å². The van der Waals surface area contributed by atoms with Crippen LogP contribution in [0.5, 0.6) is 0 Å².